The number of halogens is 4. The van der Waals surface area contributed by atoms with E-state index in [2.05, 4.69) is 21.2 Å². The Balaban J connectivity index is 1.43. The number of thiophene rings is 1. The number of hydrogen-bond acceptors (Lipinski definition) is 4. The summed E-state index contributed by atoms with van der Waals surface area (Å²) < 4.78 is 38.3. The number of pyridine rings is 1. The summed E-state index contributed by atoms with van der Waals surface area (Å²) in [5.74, 6) is 0.739. The molecule has 1 N–H and O–H groups in total. The van der Waals surface area contributed by atoms with Gasteiger partial charge >= 0.3 is 6.18 Å². The normalized spacial score (nSPS) is 16.1. The second kappa shape index (κ2) is 7.16. The van der Waals surface area contributed by atoms with Crippen molar-refractivity contribution in [3.05, 3.63) is 52.1 Å². The number of alkyl halides is 3. The molecule has 9 heteroatoms. The van der Waals surface area contributed by atoms with Crippen LogP contribution in [0.3, 0.4) is 0 Å². The molecule has 0 amide bonds. The number of hydrogen-bond donors (Lipinski definition) is 1. The smallest absolute Gasteiger partial charge is 0.355 e. The van der Waals surface area contributed by atoms with Crippen LogP contribution in [-0.4, -0.2) is 28.3 Å². The molecule has 1 fully saturated rings. The molecule has 0 bridgehead atoms. The van der Waals surface area contributed by atoms with Gasteiger partial charge in [-0.3, -0.25) is 5.10 Å². The largest absolute Gasteiger partial charge is 0.417 e. The molecule has 1 aliphatic heterocycles. The lowest BCUT2D eigenvalue weighted by molar-refractivity contribution is -0.137. The molecule has 1 saturated heterocycles. The summed E-state index contributed by atoms with van der Waals surface area (Å²) in [5, 5.41) is 9.56. The van der Waals surface area contributed by atoms with Gasteiger partial charge in [-0.1, -0.05) is 17.7 Å². The van der Waals surface area contributed by atoms with Crippen molar-refractivity contribution < 1.29 is 13.2 Å². The van der Waals surface area contributed by atoms with Crippen LogP contribution in [0.25, 0.3) is 10.6 Å². The highest BCUT2D eigenvalue weighted by molar-refractivity contribution is 7.13. The topological polar surface area (TPSA) is 44.8 Å². The highest BCUT2D eigenvalue weighted by Gasteiger charge is 2.32. The van der Waals surface area contributed by atoms with Gasteiger partial charge in [-0.05, 0) is 36.4 Å². The Morgan fingerprint density at radius 1 is 1.22 bits per heavy atom. The van der Waals surface area contributed by atoms with Crippen molar-refractivity contribution >= 4 is 28.8 Å². The minimum atomic E-state index is -4.44. The van der Waals surface area contributed by atoms with Crippen molar-refractivity contribution in [2.24, 2.45) is 0 Å². The van der Waals surface area contributed by atoms with Crippen molar-refractivity contribution in [1.82, 2.24) is 15.2 Å². The van der Waals surface area contributed by atoms with Gasteiger partial charge in [0.25, 0.3) is 0 Å². The first kappa shape index (κ1) is 18.3. The Morgan fingerprint density at radius 3 is 2.63 bits per heavy atom. The van der Waals surface area contributed by atoms with Crippen molar-refractivity contribution in [2.45, 2.75) is 24.9 Å². The summed E-state index contributed by atoms with van der Waals surface area (Å²) in [4.78, 5) is 7.02. The van der Waals surface area contributed by atoms with Gasteiger partial charge in [0.1, 0.15) is 11.5 Å². The molecule has 0 unspecified atom stereocenters. The third-order valence-electron chi connectivity index (χ3n) is 4.75. The fraction of sp³-hybridized carbons (Fsp3) is 0.333. The molecule has 3 aromatic heterocycles. The zero-order valence-corrected chi connectivity index (χ0v) is 15.7. The Hall–Kier alpha value is -2.06. The van der Waals surface area contributed by atoms with Crippen LogP contribution >= 0.6 is 22.9 Å². The lowest BCUT2D eigenvalue weighted by Gasteiger charge is -2.32. The number of nitrogens with one attached hydrogen (secondary N) is 1. The molecule has 3 aromatic rings. The molecule has 4 rings (SSSR count). The number of aromatic amines is 1. The van der Waals surface area contributed by atoms with E-state index in [1.807, 2.05) is 22.4 Å². The van der Waals surface area contributed by atoms with E-state index in [0.29, 0.717) is 24.8 Å². The Bertz CT molecular complexity index is 915. The van der Waals surface area contributed by atoms with Crippen LogP contribution in [0.15, 0.2) is 35.8 Å². The number of anilines is 1. The minimum absolute atomic E-state index is 0.0322. The first-order valence-electron chi connectivity index (χ1n) is 8.48. The lowest BCUT2D eigenvalue weighted by atomic mass is 9.93. The van der Waals surface area contributed by atoms with Crippen LogP contribution in [0.1, 0.15) is 30.0 Å². The van der Waals surface area contributed by atoms with Gasteiger partial charge in [-0.25, -0.2) is 4.98 Å². The molecule has 0 radical (unpaired) electrons. The van der Waals surface area contributed by atoms with Crippen LogP contribution in [-0.2, 0) is 6.18 Å². The number of piperidine rings is 1. The van der Waals surface area contributed by atoms with Crippen LogP contribution < -0.4 is 4.90 Å². The molecule has 4 heterocycles. The maximum Gasteiger partial charge on any atom is 0.417 e. The van der Waals surface area contributed by atoms with E-state index in [9.17, 15) is 13.2 Å². The predicted molar refractivity (Wildman–Crippen MR) is 100 cm³/mol. The Kier molecular flexibility index (Phi) is 4.86. The van der Waals surface area contributed by atoms with Crippen molar-refractivity contribution in [3.63, 3.8) is 0 Å². The SMILES string of the molecule is FC(F)(F)c1cnc(N2CCC(c3cc(-c4cccs4)n[nH]3)CC2)c(Cl)c1. The fourth-order valence-electron chi connectivity index (χ4n) is 3.32. The van der Waals surface area contributed by atoms with Crippen molar-refractivity contribution in [3.8, 4) is 10.6 Å². The molecular formula is C18H16ClF3N4S. The fourth-order valence-corrected chi connectivity index (χ4v) is 4.29. The van der Waals surface area contributed by atoms with Crippen molar-refractivity contribution in [2.75, 3.05) is 18.0 Å². The molecule has 0 spiro atoms. The average molecular weight is 413 g/mol. The summed E-state index contributed by atoms with van der Waals surface area (Å²) >= 11 is 7.71. The summed E-state index contributed by atoms with van der Waals surface area (Å²) in [6.07, 6.45) is -1.89. The monoisotopic (exact) mass is 412 g/mol. The molecule has 142 valence electrons. The van der Waals surface area contributed by atoms with Crippen LogP contribution in [0.4, 0.5) is 19.0 Å². The zero-order valence-electron chi connectivity index (χ0n) is 14.1. The molecular weight excluding hydrogens is 397 g/mol. The molecule has 0 saturated carbocycles. The van der Waals surface area contributed by atoms with Gasteiger partial charge in [0.05, 0.1) is 15.5 Å². The van der Waals surface area contributed by atoms with Gasteiger partial charge in [0.2, 0.25) is 0 Å². The van der Waals surface area contributed by atoms with E-state index in [-0.39, 0.29) is 5.02 Å². The van der Waals surface area contributed by atoms with Crippen LogP contribution in [0, 0.1) is 0 Å². The van der Waals surface area contributed by atoms with Crippen molar-refractivity contribution in [1.29, 1.82) is 0 Å². The van der Waals surface area contributed by atoms with Gasteiger partial charge in [0.15, 0.2) is 0 Å². The molecule has 0 aliphatic carbocycles. The average Bonchev–Trinajstić information content (AvgIpc) is 3.33. The summed E-state index contributed by atoms with van der Waals surface area (Å²) in [5.41, 5.74) is 1.20. The molecule has 4 nitrogen and oxygen atoms in total. The number of rotatable bonds is 3. The minimum Gasteiger partial charge on any atom is -0.355 e. The zero-order chi connectivity index (χ0) is 19.0. The van der Waals surface area contributed by atoms with E-state index >= 15 is 0 Å². The third-order valence-corrected chi connectivity index (χ3v) is 5.93. The number of H-pyrrole nitrogens is 1. The summed E-state index contributed by atoms with van der Waals surface area (Å²) in [6, 6.07) is 7.05. The maximum atomic E-state index is 12.8. The molecule has 0 atom stereocenters. The van der Waals surface area contributed by atoms with Gasteiger partial charge in [0, 0.05) is 30.9 Å². The van der Waals surface area contributed by atoms with E-state index in [1.54, 1.807) is 11.3 Å². The van der Waals surface area contributed by atoms with E-state index in [0.717, 1.165) is 41.4 Å². The van der Waals surface area contributed by atoms with E-state index in [1.165, 1.54) is 0 Å². The standard InChI is InChI=1S/C18H16ClF3N4S/c19-13-8-12(18(20,21)22)10-23-17(13)26-5-3-11(4-6-26)14-9-15(25-24-14)16-2-1-7-27-16/h1-2,7-11H,3-6H2,(H,24,25). The lowest BCUT2D eigenvalue weighted by Crippen LogP contribution is -2.33. The highest BCUT2D eigenvalue weighted by atomic mass is 35.5. The quantitative estimate of drug-likeness (QED) is 0.610. The number of aromatic nitrogens is 3. The third kappa shape index (κ3) is 3.82. The van der Waals surface area contributed by atoms with Crippen LogP contribution in [0.5, 0.6) is 0 Å². The highest BCUT2D eigenvalue weighted by Crippen LogP contribution is 2.36. The molecule has 27 heavy (non-hydrogen) atoms. The second-order valence-corrected chi connectivity index (χ2v) is 7.83. The first-order chi connectivity index (χ1) is 12.9. The molecule has 1 aliphatic rings. The second-order valence-electron chi connectivity index (χ2n) is 6.47. The Morgan fingerprint density at radius 2 is 2.00 bits per heavy atom. The number of nitrogens with zero attached hydrogens (tertiary/aromatic N) is 3. The molecule has 0 aromatic carbocycles. The van der Waals surface area contributed by atoms with Gasteiger partial charge < -0.3 is 4.90 Å². The summed E-state index contributed by atoms with van der Waals surface area (Å²) in [7, 11) is 0. The van der Waals surface area contributed by atoms with E-state index in [4.69, 9.17) is 11.6 Å². The predicted octanol–water partition coefficient (Wildman–Crippen LogP) is 5.59. The van der Waals surface area contributed by atoms with Gasteiger partial charge in [-0.2, -0.15) is 18.3 Å². The van der Waals surface area contributed by atoms with E-state index < -0.39 is 11.7 Å². The maximum absolute atomic E-state index is 12.8. The van der Waals surface area contributed by atoms with Crippen LogP contribution in [0.2, 0.25) is 5.02 Å². The Labute approximate surface area is 163 Å². The first-order valence-corrected chi connectivity index (χ1v) is 9.74. The van der Waals surface area contributed by atoms with Gasteiger partial charge in [-0.15, -0.1) is 11.3 Å². The summed E-state index contributed by atoms with van der Waals surface area (Å²) in [6.45, 7) is 1.35.